The van der Waals surface area contributed by atoms with Gasteiger partial charge in [-0.3, -0.25) is 40.0 Å². The Labute approximate surface area is 498 Å². The Morgan fingerprint density at radius 2 is 1.05 bits per heavy atom. The second-order valence-corrected chi connectivity index (χ2v) is 21.2. The zero-order valence-corrected chi connectivity index (χ0v) is 51.4. The van der Waals surface area contributed by atoms with Crippen molar-refractivity contribution >= 4 is 47.6 Å². The Morgan fingerprint density at radius 3 is 1.40 bits per heavy atom. The van der Waals surface area contributed by atoms with Crippen molar-refractivity contribution in [2.45, 2.75) is 162 Å². The van der Waals surface area contributed by atoms with Crippen LogP contribution in [-0.4, -0.2) is 202 Å². The number of nitrogens with zero attached hydrogens (tertiary/aromatic N) is 4. The number of carboxylic acids is 1. The quantitative estimate of drug-likeness (QED) is 0.0204. The first-order valence-electron chi connectivity index (χ1n) is 26.1. The Morgan fingerprint density at radius 1 is 0.662 bits per heavy atom. The monoisotopic (exact) mass is 1120 g/mol. The van der Waals surface area contributed by atoms with Crippen LogP contribution in [-0.2, 0) is 52.3 Å². The zero-order valence-electron chi connectivity index (χ0n) is 48.3. The first-order valence-corrected chi connectivity index (χ1v) is 26.1. The van der Waals surface area contributed by atoms with Crippen LogP contribution in [0, 0.1) is 11.8 Å². The molecule has 0 saturated carbocycles. The second-order valence-electron chi connectivity index (χ2n) is 21.2. The third-order valence-electron chi connectivity index (χ3n) is 12.3. The smallest absolute Gasteiger partial charge is 0.553 e. The van der Waals surface area contributed by atoms with E-state index in [9.17, 15) is 33.9 Å². The molecule has 24 nitrogen and oxygen atoms in total. The number of alkyl carbamates (subject to hydrolysis) is 2. The third kappa shape index (κ3) is 28.0. The summed E-state index contributed by atoms with van der Waals surface area (Å²) in [6.45, 7) is 25.2. The molecule has 2 aliphatic carbocycles. The Balaban J connectivity index is 0.000000738. The molecule has 77 heavy (non-hydrogen) atoms. The Bertz CT molecular complexity index is 1990. The van der Waals surface area contributed by atoms with E-state index in [0.717, 1.165) is 45.3 Å². The predicted octanol–water partition coefficient (Wildman–Crippen LogP) is 1.83. The first kappa shape index (κ1) is 71.6. The van der Waals surface area contributed by atoms with E-state index in [1.54, 1.807) is 82.6 Å². The number of carboxylic acid groups (broad SMARTS) is 1. The minimum Gasteiger partial charge on any atom is -0.553 e. The summed E-state index contributed by atoms with van der Waals surface area (Å²) in [7, 11) is 3.28. The fourth-order valence-electron chi connectivity index (χ4n) is 9.46. The largest absolute Gasteiger partial charge is 1.00 e. The van der Waals surface area contributed by atoms with Crippen LogP contribution < -0.4 is 72.7 Å². The van der Waals surface area contributed by atoms with Crippen molar-refractivity contribution in [1.29, 1.82) is 0 Å². The van der Waals surface area contributed by atoms with Crippen LogP contribution in [0.3, 0.4) is 0 Å². The van der Waals surface area contributed by atoms with Crippen molar-refractivity contribution in [2.75, 3.05) is 86.6 Å². The van der Waals surface area contributed by atoms with E-state index in [2.05, 4.69) is 36.1 Å². The molecule has 0 spiro atoms. The average molecular weight is 1120 g/mol. The van der Waals surface area contributed by atoms with Crippen molar-refractivity contribution in [1.82, 2.24) is 31.1 Å². The molecular weight excluding hydrogens is 1030 g/mol. The van der Waals surface area contributed by atoms with Crippen LogP contribution >= 0.6 is 0 Å². The molecule has 0 bridgehead atoms. The number of rotatable bonds is 19. The van der Waals surface area contributed by atoms with Crippen molar-refractivity contribution < 1.29 is 124 Å². The van der Waals surface area contributed by atoms with Gasteiger partial charge in [0.15, 0.2) is 0 Å². The summed E-state index contributed by atoms with van der Waals surface area (Å²) in [5.41, 5.74) is -0.581. The molecule has 2 saturated heterocycles. The Kier molecular flexibility index (Phi) is 34.2. The van der Waals surface area contributed by atoms with E-state index in [1.807, 2.05) is 6.08 Å². The van der Waals surface area contributed by atoms with Gasteiger partial charge in [-0.15, -0.1) is 0 Å². The van der Waals surface area contributed by atoms with E-state index >= 15 is 0 Å². The van der Waals surface area contributed by atoms with Gasteiger partial charge in [0, 0.05) is 65.1 Å². The molecule has 4 aliphatic rings. The number of methoxy groups -OCH3 is 2. The van der Waals surface area contributed by atoms with Crippen molar-refractivity contribution in [3.05, 3.63) is 29.2 Å². The van der Waals surface area contributed by atoms with Crippen LogP contribution in [0.15, 0.2) is 33.3 Å². The number of piperidine rings is 2. The minimum atomic E-state index is -1.02. The maximum Gasteiger partial charge on any atom is 1.00 e. The molecule has 0 aromatic rings. The molecule has 2 aliphatic heterocycles. The number of nitrogens with one attached hydrogen (secondary N) is 5. The van der Waals surface area contributed by atoms with E-state index < -0.39 is 59.5 Å². The number of amidine groups is 2. The molecule has 2 fully saturated rings. The molecule has 0 aromatic heterocycles. The van der Waals surface area contributed by atoms with Crippen molar-refractivity contribution in [3.8, 4) is 0 Å². The number of hydrogen-bond donors (Lipinski definition) is 6. The van der Waals surface area contributed by atoms with Gasteiger partial charge in [-0.05, 0) is 113 Å². The molecular formula is C52H90KN9O15. The number of aliphatic carboxylic acids is 1. The van der Waals surface area contributed by atoms with Crippen LogP contribution in [0.4, 0.5) is 9.59 Å². The van der Waals surface area contributed by atoms with Gasteiger partial charge >= 0.3 is 75.5 Å². The predicted molar refractivity (Wildman–Crippen MR) is 285 cm³/mol. The summed E-state index contributed by atoms with van der Waals surface area (Å²) in [6.07, 6.45) is 6.74. The van der Waals surface area contributed by atoms with E-state index in [-0.39, 0.29) is 112 Å². The zero-order chi connectivity index (χ0) is 57.2. The van der Waals surface area contributed by atoms with Crippen LogP contribution in [0.1, 0.15) is 115 Å². The number of likely N-dealkylation sites (tertiary alicyclic amines) is 2. The number of carbonyl (C=O) groups is 6. The number of hydrogen-bond acceptors (Lipinski definition) is 18. The van der Waals surface area contributed by atoms with Crippen molar-refractivity contribution in [2.24, 2.45) is 21.8 Å². The van der Waals surface area contributed by atoms with Gasteiger partial charge in [-0.1, -0.05) is 12.2 Å². The molecule has 2 heterocycles. The van der Waals surface area contributed by atoms with Crippen molar-refractivity contribution in [3.63, 3.8) is 0 Å². The average Bonchev–Trinajstić information content (AvgIpc) is 3.32. The number of amides is 4. The maximum absolute atomic E-state index is 12.8. The molecule has 4 rings (SSSR count). The van der Waals surface area contributed by atoms with Gasteiger partial charge in [-0.25, -0.2) is 19.2 Å². The summed E-state index contributed by atoms with van der Waals surface area (Å²) in [5, 5.41) is 27.4. The summed E-state index contributed by atoms with van der Waals surface area (Å²) in [4.78, 5) is 87.6. The molecule has 0 radical (unpaired) electrons. The van der Waals surface area contributed by atoms with E-state index in [4.69, 9.17) is 49.3 Å². The second kappa shape index (κ2) is 36.7. The number of carbonyl (C=O) groups excluding carboxylic acids is 5. The van der Waals surface area contributed by atoms with Gasteiger partial charge in [-0.2, -0.15) is 0 Å². The number of aliphatic imine (C=N–C) groups is 2. The van der Waals surface area contributed by atoms with Gasteiger partial charge in [0.2, 0.25) is 11.8 Å². The molecule has 0 unspecified atom stereocenters. The number of esters is 1. The molecule has 4 amide bonds. The fraction of sp³-hybridized carbons (Fsp3) is 0.769. The standard InChI is InChI=1S/C27H46N4O7.C25H42N4O7.K.H2NO/c1-8-37-25(33)21-14-22(28-18(2)29-26(34)38-27(4,5)6)24(30-19(3)32)23(15-21)31-11-9-10-20(16-31)17-36-13-12-35-7;1-16(27-24(33)36-25(3,4)5)26-20-12-19(23(31)32)13-21(22(20)28-17(2)30)29-9-7-8-18(14-29)15-35-11-10-34-6;;1-2/h15,20,22-24H,8-14,16-17H2,1-7H3,(H,30,32)(H,28,29,34);13,18,20-22H,7-12,14-15H2,1-6H3,(H,28,30)(H,31,32)(H,26,27,33);;1-2H/q;;+1;-1/t20-,22+,23-,24-;18-,20+,21-,22-;;/m11../s1. The van der Waals surface area contributed by atoms with Crippen LogP contribution in [0.25, 0.3) is 5.90 Å². The number of ether oxygens (including phenoxy) is 7. The molecule has 434 valence electrons. The van der Waals surface area contributed by atoms with Crippen LogP contribution in [0.2, 0.25) is 0 Å². The summed E-state index contributed by atoms with van der Waals surface area (Å²) >= 11 is 0. The topological polar surface area (TPSA) is 311 Å². The molecule has 7 N–H and O–H groups in total. The Hall–Kier alpha value is -3.44. The molecule has 25 heteroatoms. The first-order chi connectivity index (χ1) is 35.8. The minimum absolute atomic E-state index is 0. The van der Waals surface area contributed by atoms with Crippen LogP contribution in [0.5, 0.6) is 0 Å². The normalized spacial score (nSPS) is 24.3. The molecule has 8 atom stereocenters. The van der Waals surface area contributed by atoms with Gasteiger partial charge in [0.25, 0.3) is 0 Å². The maximum atomic E-state index is 12.8. The molecule has 0 aromatic carbocycles. The fourth-order valence-corrected chi connectivity index (χ4v) is 9.46. The van der Waals surface area contributed by atoms with E-state index in [0.29, 0.717) is 63.5 Å². The van der Waals surface area contributed by atoms with E-state index in [1.165, 1.54) is 13.8 Å². The SMILES string of the molecule is CCOC(=O)C1=C[C@@H](N2CCC[C@@H](COCCOC)C2)[C@H](NC(C)=O)[C@@H](N=C(C)NC(=O)OC(C)(C)C)C1.COCCOC[C@@H]1CCCN([C@@H]2C=C(C(=O)O)C[C@H](N=C(C)NC(=O)OC(C)(C)C)[C@H]2NC(C)=O)C1.[K+].[NH-]O. The third-order valence-corrected chi connectivity index (χ3v) is 12.3. The van der Waals surface area contributed by atoms with Gasteiger partial charge in [0.05, 0.1) is 82.5 Å². The summed E-state index contributed by atoms with van der Waals surface area (Å²) in [6, 6.07) is -2.59. The summed E-state index contributed by atoms with van der Waals surface area (Å²) in [5.74, 6) is 4.15. The van der Waals surface area contributed by atoms with Gasteiger partial charge < -0.3 is 60.0 Å². The summed E-state index contributed by atoms with van der Waals surface area (Å²) < 4.78 is 37.6. The van der Waals surface area contributed by atoms with Gasteiger partial charge in [0.1, 0.15) is 22.9 Å².